The van der Waals surface area contributed by atoms with Crippen molar-refractivity contribution in [3.05, 3.63) is 60.2 Å². The Hall–Kier alpha value is -1.25. The Labute approximate surface area is 186 Å². The van der Waals surface area contributed by atoms with Crippen molar-refractivity contribution in [3.8, 4) is 11.1 Å². The number of hydrogen-bond acceptors (Lipinski definition) is 3. The largest absolute Gasteiger partial charge is 1.00 e. The molecule has 2 aromatic rings. The van der Waals surface area contributed by atoms with E-state index in [1.807, 2.05) is 0 Å². The van der Waals surface area contributed by atoms with Crippen molar-refractivity contribution in [2.75, 3.05) is 0 Å². The molecule has 3 N–H and O–H groups in total. The summed E-state index contributed by atoms with van der Waals surface area (Å²) in [5.41, 5.74) is -1.07. The first-order chi connectivity index (χ1) is 13.1. The van der Waals surface area contributed by atoms with Gasteiger partial charge in [0, 0.05) is 0 Å². The van der Waals surface area contributed by atoms with Crippen LogP contribution in [0.1, 0.15) is 5.56 Å². The molecule has 3 nitrogen and oxygen atoms in total. The summed E-state index contributed by atoms with van der Waals surface area (Å²) < 4.78 is 116. The first kappa shape index (κ1) is 28.8. The van der Waals surface area contributed by atoms with Crippen molar-refractivity contribution in [2.24, 2.45) is 0 Å². The Kier molecular flexibility index (Phi) is 9.95. The Balaban J connectivity index is 0.00000154. The molecule has 2 aromatic carbocycles. The zero-order chi connectivity index (χ0) is 22.7. The van der Waals surface area contributed by atoms with Gasteiger partial charge in [0.15, 0.2) is 0 Å². The van der Waals surface area contributed by atoms with Crippen molar-refractivity contribution in [2.45, 2.75) is 23.9 Å². The predicted octanol–water partition coefficient (Wildman–Crippen LogP) is 1.03. The fourth-order valence-corrected chi connectivity index (χ4v) is 1.97. The van der Waals surface area contributed by atoms with Crippen molar-refractivity contribution >= 4 is 7.32 Å². The molecule has 14 heteroatoms. The van der Waals surface area contributed by atoms with Crippen LogP contribution in [0.3, 0.4) is 0 Å². The minimum Gasteiger partial charge on any atom is -0.402 e. The molecule has 0 saturated heterocycles. The summed E-state index contributed by atoms with van der Waals surface area (Å²) in [5.74, 6) is -19.4. The van der Waals surface area contributed by atoms with Crippen molar-refractivity contribution < 1.29 is 84.1 Å². The van der Waals surface area contributed by atoms with Gasteiger partial charge in [0.2, 0.25) is 0 Å². The zero-order valence-electron chi connectivity index (χ0n) is 14.9. The fraction of sp³-hybridized carbons (Fsp3) is 0.250. The van der Waals surface area contributed by atoms with Gasteiger partial charge in [0.1, 0.15) is 0 Å². The van der Waals surface area contributed by atoms with E-state index in [4.69, 9.17) is 15.1 Å². The van der Waals surface area contributed by atoms with Gasteiger partial charge in [0.05, 0.1) is 0 Å². The summed E-state index contributed by atoms with van der Waals surface area (Å²) >= 11 is 0. The minimum atomic E-state index is -6.92. The third-order valence-electron chi connectivity index (χ3n) is 3.40. The third kappa shape index (κ3) is 6.14. The molecule has 0 saturated carbocycles. The second kappa shape index (κ2) is 10.4. The molecule has 0 bridgehead atoms. The number of benzene rings is 2. The molecule has 0 atom stereocenters. The molecule has 0 spiro atoms. The number of halogens is 9. The maximum Gasteiger partial charge on any atom is 1.00 e. The maximum absolute atomic E-state index is 13.7. The van der Waals surface area contributed by atoms with Gasteiger partial charge in [-0.2, -0.15) is 30.7 Å². The van der Waals surface area contributed by atoms with Gasteiger partial charge in [-0.15, -0.1) is 29.8 Å². The summed E-state index contributed by atoms with van der Waals surface area (Å²) in [6, 6.07) is 11.6. The van der Waals surface area contributed by atoms with E-state index >= 15 is 0 Å². The third-order valence-corrected chi connectivity index (χ3v) is 3.40. The van der Waals surface area contributed by atoms with Gasteiger partial charge in [-0.3, -0.25) is 0 Å². The van der Waals surface area contributed by atoms with E-state index in [1.54, 1.807) is 18.2 Å². The molecule has 2 rings (SSSR count). The Morgan fingerprint density at radius 3 is 1.53 bits per heavy atom. The summed E-state index contributed by atoms with van der Waals surface area (Å²) in [5, 5.41) is 21.5. The van der Waals surface area contributed by atoms with E-state index in [2.05, 4.69) is 6.07 Å². The molecule has 0 aliphatic heterocycles. The molecule has 0 aliphatic rings. The fourth-order valence-electron chi connectivity index (χ4n) is 1.97. The van der Waals surface area contributed by atoms with E-state index in [0.717, 1.165) is 6.07 Å². The first-order valence-electron chi connectivity index (χ1n) is 7.37. The molecule has 0 fully saturated rings. The molecular formula is C16H11BF9NaO3. The van der Waals surface area contributed by atoms with Gasteiger partial charge in [0.25, 0.3) is 0 Å². The van der Waals surface area contributed by atoms with Crippen LogP contribution in [0.5, 0.6) is 0 Å². The molecule has 0 amide bonds. The molecule has 0 unspecified atom stereocenters. The smallest absolute Gasteiger partial charge is 0.402 e. The van der Waals surface area contributed by atoms with Crippen LogP contribution in [-0.4, -0.2) is 40.4 Å². The molecule has 160 valence electrons. The van der Waals surface area contributed by atoms with Gasteiger partial charge in [-0.05, 0) is 0 Å². The maximum atomic E-state index is 13.7. The molecule has 0 heterocycles. The monoisotopic (exact) mass is 456 g/mol. The van der Waals surface area contributed by atoms with Crippen LogP contribution in [0.2, 0.25) is 0 Å². The standard InChI is InChI=1S/C16H8F9.BH3O3.Na/c17-13(18,14(19,20)15(21,22)16(23,24)25)12-8-6-11(7-9-12)10-4-2-1-3-5-10;2-1(3)4;/h1-6,8-9H;2-4H;/q-1;;+1. The summed E-state index contributed by atoms with van der Waals surface area (Å²) in [7, 11) is -2.17. The number of hydrogen-bond donors (Lipinski definition) is 3. The zero-order valence-corrected chi connectivity index (χ0v) is 16.9. The van der Waals surface area contributed by atoms with E-state index in [1.165, 1.54) is 12.1 Å². The Morgan fingerprint density at radius 1 is 0.700 bits per heavy atom. The number of alkyl halides is 9. The summed E-state index contributed by atoms with van der Waals surface area (Å²) in [6.45, 7) is 0. The quantitative estimate of drug-likeness (QED) is 0.366. The van der Waals surface area contributed by atoms with E-state index in [-0.39, 0.29) is 41.2 Å². The summed E-state index contributed by atoms with van der Waals surface area (Å²) in [6.07, 6.45) is -6.84. The molecule has 0 radical (unpaired) electrons. The first-order valence-corrected chi connectivity index (χ1v) is 7.37. The second-order valence-electron chi connectivity index (χ2n) is 5.42. The average Bonchev–Trinajstić information content (AvgIpc) is 2.61. The van der Waals surface area contributed by atoms with Crippen LogP contribution in [-0.2, 0) is 5.92 Å². The van der Waals surface area contributed by atoms with Crippen LogP contribution in [0, 0.1) is 6.07 Å². The Bertz CT molecular complexity index is 782. The van der Waals surface area contributed by atoms with Gasteiger partial charge in [-0.1, -0.05) is 41.5 Å². The molecule has 0 aliphatic carbocycles. The van der Waals surface area contributed by atoms with Gasteiger partial charge < -0.3 is 15.1 Å². The molecule has 0 aromatic heterocycles. The predicted molar refractivity (Wildman–Crippen MR) is 83.0 cm³/mol. The normalized spacial score (nSPS) is 12.4. The van der Waals surface area contributed by atoms with Gasteiger partial charge in [-0.25, -0.2) is 8.78 Å². The van der Waals surface area contributed by atoms with Crippen molar-refractivity contribution in [3.63, 3.8) is 0 Å². The average molecular weight is 456 g/mol. The van der Waals surface area contributed by atoms with Crippen LogP contribution in [0.25, 0.3) is 11.1 Å². The van der Waals surface area contributed by atoms with Crippen LogP contribution in [0.15, 0.2) is 48.5 Å². The van der Waals surface area contributed by atoms with Crippen LogP contribution < -0.4 is 29.6 Å². The van der Waals surface area contributed by atoms with E-state index in [9.17, 15) is 39.5 Å². The summed E-state index contributed by atoms with van der Waals surface area (Å²) in [4.78, 5) is 0. The van der Waals surface area contributed by atoms with E-state index < -0.39 is 36.8 Å². The minimum absolute atomic E-state index is 0. The van der Waals surface area contributed by atoms with Gasteiger partial charge >= 0.3 is 60.8 Å². The van der Waals surface area contributed by atoms with Crippen molar-refractivity contribution in [1.29, 1.82) is 0 Å². The van der Waals surface area contributed by atoms with E-state index in [0.29, 0.717) is 11.6 Å². The van der Waals surface area contributed by atoms with Crippen molar-refractivity contribution in [1.82, 2.24) is 0 Å². The molecule has 30 heavy (non-hydrogen) atoms. The molecular weight excluding hydrogens is 445 g/mol. The van der Waals surface area contributed by atoms with Crippen LogP contribution >= 0.6 is 0 Å². The topological polar surface area (TPSA) is 60.7 Å². The van der Waals surface area contributed by atoms with Crippen LogP contribution in [0.4, 0.5) is 39.5 Å². The second-order valence-corrected chi connectivity index (χ2v) is 5.42. The number of rotatable bonds is 4. The Morgan fingerprint density at radius 2 is 1.17 bits per heavy atom. The SMILES string of the molecule is FC(F)(F)C(F)(F)C(F)(F)C(F)(F)c1c[c-]c(-c2ccccc2)cc1.OB(O)O.[Na+].